The van der Waals surface area contributed by atoms with E-state index in [1.165, 1.54) is 24.1 Å². The van der Waals surface area contributed by atoms with Gasteiger partial charge in [-0.1, -0.05) is 32.9 Å². The van der Waals surface area contributed by atoms with Crippen molar-refractivity contribution in [3.05, 3.63) is 29.8 Å². The van der Waals surface area contributed by atoms with Crippen molar-refractivity contribution >= 4 is 5.69 Å². The molecular formula is C17H28N2. The Labute approximate surface area is 118 Å². The molecule has 0 aromatic heterocycles. The Morgan fingerprint density at radius 1 is 1.16 bits per heavy atom. The van der Waals surface area contributed by atoms with E-state index >= 15 is 0 Å². The summed E-state index contributed by atoms with van der Waals surface area (Å²) >= 11 is 0. The maximum absolute atomic E-state index is 3.33. The Morgan fingerprint density at radius 3 is 2.16 bits per heavy atom. The van der Waals surface area contributed by atoms with Crippen LogP contribution in [-0.2, 0) is 5.41 Å². The van der Waals surface area contributed by atoms with Gasteiger partial charge in [0.25, 0.3) is 0 Å². The van der Waals surface area contributed by atoms with E-state index in [1.54, 1.807) is 0 Å². The van der Waals surface area contributed by atoms with E-state index in [0.717, 1.165) is 13.1 Å². The van der Waals surface area contributed by atoms with Gasteiger partial charge in [0.1, 0.15) is 0 Å². The molecule has 19 heavy (non-hydrogen) atoms. The zero-order valence-corrected chi connectivity index (χ0v) is 13.1. The van der Waals surface area contributed by atoms with Gasteiger partial charge in [0.15, 0.2) is 0 Å². The number of nitrogens with one attached hydrogen (secondary N) is 1. The fourth-order valence-electron chi connectivity index (χ4n) is 2.75. The predicted molar refractivity (Wildman–Crippen MR) is 84.0 cm³/mol. The first-order valence-electron chi connectivity index (χ1n) is 7.33. The van der Waals surface area contributed by atoms with Gasteiger partial charge in [0, 0.05) is 31.2 Å². The fourth-order valence-corrected chi connectivity index (χ4v) is 2.75. The number of hydrogen-bond acceptors (Lipinski definition) is 2. The number of nitrogens with zero attached hydrogens (tertiary/aromatic N) is 1. The van der Waals surface area contributed by atoms with E-state index in [-0.39, 0.29) is 5.41 Å². The number of anilines is 1. The summed E-state index contributed by atoms with van der Waals surface area (Å²) in [4.78, 5) is 2.40. The third-order valence-corrected chi connectivity index (χ3v) is 4.26. The first-order chi connectivity index (χ1) is 8.86. The molecule has 0 spiro atoms. The molecule has 0 radical (unpaired) electrons. The number of hydrogen-bond donors (Lipinski definition) is 1. The Hall–Kier alpha value is -1.02. The molecule has 1 aliphatic carbocycles. The topological polar surface area (TPSA) is 15.3 Å². The minimum Gasteiger partial charge on any atom is -0.374 e. The maximum atomic E-state index is 3.33. The van der Waals surface area contributed by atoms with E-state index < -0.39 is 0 Å². The number of benzene rings is 1. The molecule has 0 heterocycles. The predicted octanol–water partition coefficient (Wildman–Crippen LogP) is 3.42. The molecule has 0 saturated heterocycles. The molecular weight excluding hydrogens is 232 g/mol. The second kappa shape index (κ2) is 5.16. The molecule has 0 amide bonds. The summed E-state index contributed by atoms with van der Waals surface area (Å²) in [7, 11) is 4.26. The lowest BCUT2D eigenvalue weighted by molar-refractivity contribution is 0.482. The molecule has 1 aromatic carbocycles. The highest BCUT2D eigenvalue weighted by Crippen LogP contribution is 2.45. The Kier molecular flexibility index (Phi) is 3.91. The molecule has 1 saturated carbocycles. The summed E-state index contributed by atoms with van der Waals surface area (Å²) in [6, 6.07) is 9.05. The summed E-state index contributed by atoms with van der Waals surface area (Å²) in [6.07, 6.45) is 2.72. The maximum Gasteiger partial charge on any atom is 0.0363 e. The highest BCUT2D eigenvalue weighted by molar-refractivity contribution is 5.48. The Morgan fingerprint density at radius 2 is 1.74 bits per heavy atom. The molecule has 1 fully saturated rings. The van der Waals surface area contributed by atoms with Crippen LogP contribution >= 0.6 is 0 Å². The molecule has 0 bridgehead atoms. The van der Waals surface area contributed by atoms with Crippen LogP contribution in [0.2, 0.25) is 0 Å². The van der Waals surface area contributed by atoms with E-state index in [0.29, 0.717) is 5.41 Å². The van der Waals surface area contributed by atoms with Crippen LogP contribution in [0.3, 0.4) is 0 Å². The second-order valence-corrected chi connectivity index (χ2v) is 7.18. The molecule has 2 nitrogen and oxygen atoms in total. The first kappa shape index (κ1) is 14.4. The molecule has 1 N–H and O–H groups in total. The van der Waals surface area contributed by atoms with Crippen LogP contribution in [0.4, 0.5) is 5.69 Å². The van der Waals surface area contributed by atoms with Gasteiger partial charge in [-0.15, -0.1) is 0 Å². The average Bonchev–Trinajstić information content (AvgIpc) is 3.08. The molecule has 0 aliphatic heterocycles. The van der Waals surface area contributed by atoms with Gasteiger partial charge in [-0.25, -0.2) is 0 Å². The Bertz CT molecular complexity index is 410. The first-order valence-corrected chi connectivity index (χ1v) is 7.33. The van der Waals surface area contributed by atoms with Crippen molar-refractivity contribution in [1.29, 1.82) is 0 Å². The largest absolute Gasteiger partial charge is 0.374 e. The van der Waals surface area contributed by atoms with Crippen LogP contribution < -0.4 is 10.2 Å². The third kappa shape index (κ3) is 3.50. The van der Waals surface area contributed by atoms with E-state index in [1.807, 2.05) is 0 Å². The van der Waals surface area contributed by atoms with Gasteiger partial charge in [0.2, 0.25) is 0 Å². The SMILES string of the molecule is CNCC1(CN(C)c2ccc(C(C)(C)C)cc2)CC1. The van der Waals surface area contributed by atoms with Crippen LogP contribution in [0.25, 0.3) is 0 Å². The molecule has 0 atom stereocenters. The van der Waals surface area contributed by atoms with E-state index in [9.17, 15) is 0 Å². The molecule has 2 rings (SSSR count). The zero-order chi connectivity index (χ0) is 14.1. The van der Waals surface area contributed by atoms with Gasteiger partial charge in [-0.05, 0) is 43.0 Å². The lowest BCUT2D eigenvalue weighted by Crippen LogP contribution is -2.32. The average molecular weight is 260 g/mol. The van der Waals surface area contributed by atoms with Crippen LogP contribution in [0.15, 0.2) is 24.3 Å². The lowest BCUT2D eigenvalue weighted by Gasteiger charge is -2.26. The standard InChI is InChI=1S/C17H28N2/c1-16(2,3)14-6-8-15(9-7-14)19(5)13-17(10-11-17)12-18-4/h6-9,18H,10-13H2,1-5H3. The van der Waals surface area contributed by atoms with Crippen LogP contribution in [-0.4, -0.2) is 27.2 Å². The van der Waals surface area contributed by atoms with Crippen molar-refractivity contribution in [2.75, 3.05) is 32.1 Å². The van der Waals surface area contributed by atoms with Crippen molar-refractivity contribution < 1.29 is 0 Å². The third-order valence-electron chi connectivity index (χ3n) is 4.26. The summed E-state index contributed by atoms with van der Waals surface area (Å²) in [5, 5.41) is 3.33. The highest BCUT2D eigenvalue weighted by Gasteiger charge is 2.42. The summed E-state index contributed by atoms with van der Waals surface area (Å²) in [5.74, 6) is 0. The van der Waals surface area contributed by atoms with Crippen LogP contribution in [0.1, 0.15) is 39.2 Å². The molecule has 1 aliphatic rings. The van der Waals surface area contributed by atoms with E-state index in [4.69, 9.17) is 0 Å². The lowest BCUT2D eigenvalue weighted by atomic mass is 9.87. The van der Waals surface area contributed by atoms with E-state index in [2.05, 4.69) is 69.3 Å². The van der Waals surface area contributed by atoms with Gasteiger partial charge in [0.05, 0.1) is 0 Å². The molecule has 106 valence electrons. The molecule has 0 unspecified atom stereocenters. The fraction of sp³-hybridized carbons (Fsp3) is 0.647. The van der Waals surface area contributed by atoms with Crippen molar-refractivity contribution in [2.45, 2.75) is 39.0 Å². The monoisotopic (exact) mass is 260 g/mol. The van der Waals surface area contributed by atoms with Crippen molar-refractivity contribution in [3.63, 3.8) is 0 Å². The smallest absolute Gasteiger partial charge is 0.0363 e. The normalized spacial score (nSPS) is 17.3. The molecule has 1 aromatic rings. The van der Waals surface area contributed by atoms with Gasteiger partial charge >= 0.3 is 0 Å². The minimum atomic E-state index is 0.237. The molecule has 2 heteroatoms. The summed E-state index contributed by atoms with van der Waals surface area (Å²) in [5.41, 5.74) is 3.49. The van der Waals surface area contributed by atoms with Gasteiger partial charge in [-0.3, -0.25) is 0 Å². The van der Waals surface area contributed by atoms with Crippen molar-refractivity contribution in [3.8, 4) is 0 Å². The Balaban J connectivity index is 2.02. The zero-order valence-electron chi connectivity index (χ0n) is 13.1. The quantitative estimate of drug-likeness (QED) is 0.872. The van der Waals surface area contributed by atoms with Gasteiger partial charge in [-0.2, -0.15) is 0 Å². The van der Waals surface area contributed by atoms with Crippen LogP contribution in [0, 0.1) is 5.41 Å². The van der Waals surface area contributed by atoms with Crippen molar-refractivity contribution in [2.24, 2.45) is 5.41 Å². The minimum absolute atomic E-state index is 0.237. The van der Waals surface area contributed by atoms with Crippen molar-refractivity contribution in [1.82, 2.24) is 5.32 Å². The van der Waals surface area contributed by atoms with Crippen LogP contribution in [0.5, 0.6) is 0 Å². The van der Waals surface area contributed by atoms with Gasteiger partial charge < -0.3 is 10.2 Å². The number of rotatable bonds is 5. The summed E-state index contributed by atoms with van der Waals surface area (Å²) < 4.78 is 0. The second-order valence-electron chi connectivity index (χ2n) is 7.18. The highest BCUT2D eigenvalue weighted by atomic mass is 15.1. The summed E-state index contributed by atoms with van der Waals surface area (Å²) in [6.45, 7) is 9.08.